The fraction of sp³-hybridized carbons (Fsp3) is 0.227. The van der Waals surface area contributed by atoms with Crippen molar-refractivity contribution in [1.82, 2.24) is 13.9 Å². The highest BCUT2D eigenvalue weighted by atomic mass is 32.1. The van der Waals surface area contributed by atoms with E-state index in [0.717, 1.165) is 23.5 Å². The lowest BCUT2D eigenvalue weighted by molar-refractivity contribution is 0.517. The first kappa shape index (κ1) is 17.6. The maximum Gasteiger partial charge on any atom is 0.420 e. The van der Waals surface area contributed by atoms with E-state index in [0.29, 0.717) is 34.6 Å². The largest absolute Gasteiger partial charge is 0.420 e. The van der Waals surface area contributed by atoms with E-state index >= 15 is 0 Å². The van der Waals surface area contributed by atoms with Gasteiger partial charge in [-0.1, -0.05) is 30.4 Å². The van der Waals surface area contributed by atoms with E-state index in [1.165, 1.54) is 28.1 Å². The van der Waals surface area contributed by atoms with E-state index in [-0.39, 0.29) is 5.69 Å². The number of hydrogen-bond donors (Lipinski definition) is 0. The van der Waals surface area contributed by atoms with E-state index in [1.54, 1.807) is 18.0 Å². The number of nitrogens with zero attached hydrogens (tertiary/aromatic N) is 4. The van der Waals surface area contributed by atoms with E-state index in [9.17, 15) is 9.18 Å². The SMILES string of the molecule is CN(c1ncns1)c1cc2oc(=O)n(Cc3cccc4c3C3CC3C=C4)c2cc1F. The second-order valence-corrected chi connectivity index (χ2v) is 8.55. The fourth-order valence-electron chi connectivity index (χ4n) is 4.42. The van der Waals surface area contributed by atoms with Crippen molar-refractivity contribution < 1.29 is 8.81 Å². The molecule has 0 aliphatic heterocycles. The van der Waals surface area contributed by atoms with Gasteiger partial charge in [-0.25, -0.2) is 14.2 Å². The van der Waals surface area contributed by atoms with Crippen molar-refractivity contribution in [2.75, 3.05) is 11.9 Å². The molecule has 1 saturated carbocycles. The first-order valence-corrected chi connectivity index (χ1v) is 10.5. The molecule has 1 fully saturated rings. The zero-order valence-corrected chi connectivity index (χ0v) is 16.9. The van der Waals surface area contributed by atoms with Crippen LogP contribution >= 0.6 is 11.5 Å². The van der Waals surface area contributed by atoms with Crippen molar-refractivity contribution in [1.29, 1.82) is 0 Å². The molecule has 4 aromatic rings. The standard InChI is InChI=1S/C22H17FN4O2S/c1-26(21-24-11-25-30-21)17-9-19-18(8-16(17)23)27(22(28)29-19)10-14-4-2-3-12-5-6-13-7-15(13)20(12)14/h2-6,8-9,11,13,15H,7,10H2,1H3. The van der Waals surface area contributed by atoms with E-state index in [1.807, 2.05) is 12.1 Å². The first-order chi connectivity index (χ1) is 14.6. The number of aromatic nitrogens is 3. The van der Waals surface area contributed by atoms with Crippen LogP contribution in [0.1, 0.15) is 29.0 Å². The summed E-state index contributed by atoms with van der Waals surface area (Å²) in [5.74, 6) is 0.192. The second-order valence-electron chi connectivity index (χ2n) is 7.79. The van der Waals surface area contributed by atoms with Crippen molar-refractivity contribution in [3.05, 3.63) is 75.8 Å². The number of fused-ring (bicyclic) bond motifs is 4. The van der Waals surface area contributed by atoms with Gasteiger partial charge in [0.15, 0.2) is 5.58 Å². The molecule has 0 saturated heterocycles. The minimum Gasteiger partial charge on any atom is -0.408 e. The Bertz CT molecular complexity index is 1370. The maximum absolute atomic E-state index is 15.0. The van der Waals surface area contributed by atoms with Crippen LogP contribution in [0.25, 0.3) is 17.2 Å². The second kappa shape index (κ2) is 6.37. The Kier molecular flexibility index (Phi) is 3.73. The molecule has 2 unspecified atom stereocenters. The highest BCUT2D eigenvalue weighted by Gasteiger charge is 2.40. The molecule has 2 atom stereocenters. The number of oxazole rings is 1. The lowest BCUT2D eigenvalue weighted by atomic mass is 9.92. The van der Waals surface area contributed by atoms with E-state index < -0.39 is 11.6 Å². The Balaban J connectivity index is 1.43. The molecule has 150 valence electrons. The van der Waals surface area contributed by atoms with Crippen molar-refractivity contribution in [2.45, 2.75) is 18.9 Å². The molecule has 8 heteroatoms. The summed E-state index contributed by atoms with van der Waals surface area (Å²) in [6.45, 7) is 0.358. The molecular formula is C22H17FN4O2S. The highest BCUT2D eigenvalue weighted by molar-refractivity contribution is 7.09. The summed E-state index contributed by atoms with van der Waals surface area (Å²) in [5, 5.41) is 0.554. The van der Waals surface area contributed by atoms with Crippen LogP contribution in [0.5, 0.6) is 0 Å². The average Bonchev–Trinajstić information content (AvgIpc) is 3.22. The predicted octanol–water partition coefficient (Wildman–Crippen LogP) is 4.53. The molecule has 2 aromatic carbocycles. The summed E-state index contributed by atoms with van der Waals surface area (Å²) < 4.78 is 25.9. The molecule has 0 radical (unpaired) electrons. The van der Waals surface area contributed by atoms with Gasteiger partial charge in [-0.15, -0.1) is 0 Å². The van der Waals surface area contributed by atoms with Gasteiger partial charge in [-0.2, -0.15) is 4.37 Å². The number of anilines is 2. The number of allylic oxidation sites excluding steroid dienone is 1. The Labute approximate surface area is 175 Å². The Morgan fingerprint density at radius 1 is 1.37 bits per heavy atom. The molecule has 2 aliphatic carbocycles. The topological polar surface area (TPSA) is 64.2 Å². The average molecular weight is 420 g/mol. The van der Waals surface area contributed by atoms with Crippen LogP contribution in [0.4, 0.5) is 15.2 Å². The van der Waals surface area contributed by atoms with Gasteiger partial charge in [0, 0.05) is 30.7 Å². The third-order valence-electron chi connectivity index (χ3n) is 6.03. The maximum atomic E-state index is 15.0. The molecule has 0 bridgehead atoms. The molecule has 0 spiro atoms. The van der Waals surface area contributed by atoms with E-state index in [2.05, 4.69) is 27.6 Å². The smallest absolute Gasteiger partial charge is 0.408 e. The monoisotopic (exact) mass is 420 g/mol. The van der Waals surface area contributed by atoms with Gasteiger partial charge in [-0.3, -0.25) is 4.57 Å². The van der Waals surface area contributed by atoms with Crippen LogP contribution in [-0.4, -0.2) is 21.0 Å². The van der Waals surface area contributed by atoms with Crippen LogP contribution in [0.15, 0.2) is 51.9 Å². The van der Waals surface area contributed by atoms with Gasteiger partial charge in [0.25, 0.3) is 0 Å². The van der Waals surface area contributed by atoms with Gasteiger partial charge in [0.2, 0.25) is 5.13 Å². The van der Waals surface area contributed by atoms with Gasteiger partial charge in [0.05, 0.1) is 17.7 Å². The molecule has 30 heavy (non-hydrogen) atoms. The molecule has 6 nitrogen and oxygen atoms in total. The molecule has 0 N–H and O–H groups in total. The van der Waals surface area contributed by atoms with Gasteiger partial charge < -0.3 is 9.32 Å². The minimum atomic E-state index is -0.489. The molecule has 2 heterocycles. The zero-order chi connectivity index (χ0) is 20.4. The first-order valence-electron chi connectivity index (χ1n) is 9.73. The predicted molar refractivity (Wildman–Crippen MR) is 114 cm³/mol. The van der Waals surface area contributed by atoms with Gasteiger partial charge in [-0.05, 0) is 34.9 Å². The molecule has 2 aliphatic rings. The number of rotatable bonds is 4. The van der Waals surface area contributed by atoms with Gasteiger partial charge >= 0.3 is 5.76 Å². The third-order valence-corrected chi connectivity index (χ3v) is 6.77. The van der Waals surface area contributed by atoms with Crippen LogP contribution in [0.3, 0.4) is 0 Å². The minimum absolute atomic E-state index is 0.281. The summed E-state index contributed by atoms with van der Waals surface area (Å²) in [6.07, 6.45) is 7.00. The molecule has 0 amide bonds. The van der Waals surface area contributed by atoms with Crippen LogP contribution < -0.4 is 10.7 Å². The van der Waals surface area contributed by atoms with Crippen molar-refractivity contribution in [3.63, 3.8) is 0 Å². The molecule has 2 aromatic heterocycles. The van der Waals surface area contributed by atoms with Crippen molar-refractivity contribution in [3.8, 4) is 0 Å². The van der Waals surface area contributed by atoms with Crippen LogP contribution in [-0.2, 0) is 6.54 Å². The zero-order valence-electron chi connectivity index (χ0n) is 16.1. The van der Waals surface area contributed by atoms with Gasteiger partial charge in [0.1, 0.15) is 12.1 Å². The lowest BCUT2D eigenvalue weighted by Gasteiger charge is -2.17. The fourth-order valence-corrected chi connectivity index (χ4v) is 4.93. The highest BCUT2D eigenvalue weighted by Crippen LogP contribution is 2.53. The summed E-state index contributed by atoms with van der Waals surface area (Å²) in [7, 11) is 1.70. The van der Waals surface area contributed by atoms with Crippen molar-refractivity contribution in [2.24, 2.45) is 5.92 Å². The molecular weight excluding hydrogens is 403 g/mol. The van der Waals surface area contributed by atoms with E-state index in [4.69, 9.17) is 4.42 Å². The number of hydrogen-bond acceptors (Lipinski definition) is 6. The Hall–Kier alpha value is -3.26. The van der Waals surface area contributed by atoms with Crippen LogP contribution in [0.2, 0.25) is 0 Å². The third kappa shape index (κ3) is 2.64. The summed E-state index contributed by atoms with van der Waals surface area (Å²) in [6, 6.07) is 9.07. The quantitative estimate of drug-likeness (QED) is 0.485. The summed E-state index contributed by atoms with van der Waals surface area (Å²) in [4.78, 5) is 18.4. The Morgan fingerprint density at radius 2 is 2.27 bits per heavy atom. The van der Waals surface area contributed by atoms with Crippen molar-refractivity contribution >= 4 is 39.5 Å². The lowest BCUT2D eigenvalue weighted by Crippen LogP contribution is -2.16. The Morgan fingerprint density at radius 3 is 3.10 bits per heavy atom. The summed E-state index contributed by atoms with van der Waals surface area (Å²) in [5.41, 5.74) is 4.68. The van der Waals surface area contributed by atoms with Crippen LogP contribution in [0, 0.1) is 11.7 Å². The number of halogens is 1. The number of benzene rings is 2. The summed E-state index contributed by atoms with van der Waals surface area (Å²) >= 11 is 1.16. The normalized spacial score (nSPS) is 19.0. The molecule has 6 rings (SSSR count).